The fourth-order valence-electron chi connectivity index (χ4n) is 2.15. The van der Waals surface area contributed by atoms with E-state index in [0.29, 0.717) is 13.1 Å². The Bertz CT molecular complexity index is 447. The summed E-state index contributed by atoms with van der Waals surface area (Å²) in [7, 11) is -2.99. The molecule has 3 unspecified atom stereocenters. The molecule has 0 aromatic carbocycles. The second-order valence-electron chi connectivity index (χ2n) is 4.20. The van der Waals surface area contributed by atoms with Crippen molar-refractivity contribution < 1.29 is 25.8 Å². The number of alkyl halides is 3. The van der Waals surface area contributed by atoms with Crippen molar-refractivity contribution in [1.29, 1.82) is 0 Å². The van der Waals surface area contributed by atoms with E-state index in [0.717, 1.165) is 0 Å². The summed E-state index contributed by atoms with van der Waals surface area (Å²) < 4.78 is 63.9. The maximum Gasteiger partial charge on any atom is 0.534 e. The summed E-state index contributed by atoms with van der Waals surface area (Å²) in [6.07, 6.45) is 1.73. The Morgan fingerprint density at radius 2 is 2.06 bits per heavy atom. The molecule has 9 heteroatoms. The quantitative estimate of drug-likeness (QED) is 0.439. The lowest BCUT2D eigenvalue weighted by Crippen LogP contribution is -2.25. The van der Waals surface area contributed by atoms with E-state index in [1.54, 1.807) is 0 Å². The van der Waals surface area contributed by atoms with Crippen LogP contribution in [0, 0.1) is 11.8 Å². The van der Waals surface area contributed by atoms with Gasteiger partial charge in [-0.25, -0.2) is 0 Å². The summed E-state index contributed by atoms with van der Waals surface area (Å²) in [5.41, 5.74) is -5.36. The van der Waals surface area contributed by atoms with Gasteiger partial charge in [-0.2, -0.15) is 21.6 Å². The van der Waals surface area contributed by atoms with E-state index in [1.807, 2.05) is 4.67 Å². The lowest BCUT2D eigenvalue weighted by molar-refractivity contribution is -0.0523. The number of halogens is 3. The first-order chi connectivity index (χ1) is 7.69. The number of hydrogen-bond donors (Lipinski definition) is 0. The second-order valence-corrected chi connectivity index (χ2v) is 6.47. The van der Waals surface area contributed by atoms with Crippen LogP contribution >= 0.6 is 9.39 Å². The van der Waals surface area contributed by atoms with Crippen LogP contribution in [-0.4, -0.2) is 31.7 Å². The van der Waals surface area contributed by atoms with Gasteiger partial charge in [-0.05, 0) is 17.9 Å². The first kappa shape index (κ1) is 13.1. The van der Waals surface area contributed by atoms with Crippen LogP contribution in [0.1, 0.15) is 6.42 Å². The zero-order valence-electron chi connectivity index (χ0n) is 8.64. The van der Waals surface area contributed by atoms with Crippen LogP contribution in [0.25, 0.3) is 0 Å². The highest BCUT2D eigenvalue weighted by molar-refractivity contribution is 7.87. The van der Waals surface area contributed by atoms with Gasteiger partial charge in [0.25, 0.3) is 0 Å². The largest absolute Gasteiger partial charge is 0.534 e. The van der Waals surface area contributed by atoms with Gasteiger partial charge in [0.05, 0.1) is 0 Å². The van der Waals surface area contributed by atoms with Gasteiger partial charge in [-0.15, -0.1) is 0 Å². The van der Waals surface area contributed by atoms with Crippen LogP contribution in [0.3, 0.4) is 0 Å². The molecule has 1 fully saturated rings. The minimum atomic E-state index is -5.51. The molecule has 98 valence electrons. The van der Waals surface area contributed by atoms with Gasteiger partial charge in [0.15, 0.2) is 0 Å². The monoisotopic (exact) mass is 289 g/mol. The lowest BCUT2D eigenvalue weighted by Gasteiger charge is -2.12. The smallest absolute Gasteiger partial charge is 0.381 e. The van der Waals surface area contributed by atoms with Gasteiger partial charge in [0.1, 0.15) is 5.76 Å². The van der Waals surface area contributed by atoms with Crippen molar-refractivity contribution in [1.82, 2.24) is 4.67 Å². The van der Waals surface area contributed by atoms with Gasteiger partial charge in [-0.1, -0.05) is 9.39 Å². The molecule has 17 heavy (non-hydrogen) atoms. The topological polar surface area (TPSA) is 46.6 Å². The molecule has 1 aliphatic heterocycles. The molecule has 0 amide bonds. The molecule has 1 saturated heterocycles. The van der Waals surface area contributed by atoms with E-state index in [-0.39, 0.29) is 24.0 Å². The molecule has 0 spiro atoms. The molecule has 0 radical (unpaired) electrons. The lowest BCUT2D eigenvalue weighted by atomic mass is 10.0. The molecule has 1 heterocycles. The predicted octanol–water partition coefficient (Wildman–Crippen LogP) is 1.48. The van der Waals surface area contributed by atoms with Crippen molar-refractivity contribution in [3.8, 4) is 0 Å². The summed E-state index contributed by atoms with van der Waals surface area (Å²) in [5, 5.41) is 0. The standard InChI is InChI=1S/C8H11F3NO3PS/c9-8(10,11)17(13,14)15-7-1-5-3-12(16)4-6(5)2-7/h1,5-6H,2-4,16H2. The van der Waals surface area contributed by atoms with E-state index in [2.05, 4.69) is 13.6 Å². The minimum Gasteiger partial charge on any atom is -0.381 e. The van der Waals surface area contributed by atoms with E-state index >= 15 is 0 Å². The van der Waals surface area contributed by atoms with Gasteiger partial charge in [0, 0.05) is 19.5 Å². The van der Waals surface area contributed by atoms with Gasteiger partial charge in [0.2, 0.25) is 0 Å². The summed E-state index contributed by atoms with van der Waals surface area (Å²) in [6, 6.07) is 0. The maximum absolute atomic E-state index is 12.1. The zero-order valence-corrected chi connectivity index (χ0v) is 10.6. The van der Waals surface area contributed by atoms with E-state index < -0.39 is 15.6 Å². The number of hydrogen-bond acceptors (Lipinski definition) is 4. The van der Waals surface area contributed by atoms with Crippen molar-refractivity contribution in [2.45, 2.75) is 11.9 Å². The normalized spacial score (nSPS) is 30.2. The predicted molar refractivity (Wildman–Crippen MR) is 57.0 cm³/mol. The van der Waals surface area contributed by atoms with Crippen LogP contribution in [0.5, 0.6) is 0 Å². The Morgan fingerprint density at radius 1 is 1.41 bits per heavy atom. The number of nitrogens with zero attached hydrogens (tertiary/aromatic N) is 1. The van der Waals surface area contributed by atoms with E-state index in [4.69, 9.17) is 0 Å². The first-order valence-corrected chi connectivity index (χ1v) is 6.82. The van der Waals surface area contributed by atoms with Gasteiger partial charge >= 0.3 is 15.6 Å². The fourth-order valence-corrected chi connectivity index (χ4v) is 3.17. The highest BCUT2D eigenvalue weighted by Crippen LogP contribution is 2.40. The van der Waals surface area contributed by atoms with Crippen LogP contribution in [0.2, 0.25) is 0 Å². The van der Waals surface area contributed by atoms with Crippen LogP contribution in [0.15, 0.2) is 11.8 Å². The Kier molecular flexibility index (Phi) is 3.16. The van der Waals surface area contributed by atoms with Crippen molar-refractivity contribution in [3.05, 3.63) is 11.8 Å². The molecule has 3 atom stereocenters. The Labute approximate surface area is 99.2 Å². The molecule has 0 aromatic rings. The third-order valence-corrected chi connectivity index (χ3v) is 4.31. The molecular formula is C8H11F3NO3PS. The van der Waals surface area contributed by atoms with Crippen molar-refractivity contribution in [2.24, 2.45) is 11.8 Å². The molecule has 2 rings (SSSR count). The minimum absolute atomic E-state index is 0.0749. The summed E-state index contributed by atoms with van der Waals surface area (Å²) >= 11 is 0. The number of rotatable bonds is 2. The van der Waals surface area contributed by atoms with Gasteiger partial charge in [-0.3, -0.25) is 4.67 Å². The Balaban J connectivity index is 2.06. The van der Waals surface area contributed by atoms with Gasteiger partial charge < -0.3 is 4.18 Å². The SMILES string of the molecule is O=S(=O)(OC1=CC2CN(P)CC2C1)C(F)(F)F. The Hall–Kier alpha value is -0.330. The maximum atomic E-state index is 12.1. The number of allylic oxidation sites excluding steroid dienone is 1. The summed E-state index contributed by atoms with van der Waals surface area (Å²) in [4.78, 5) is 0. The summed E-state index contributed by atoms with van der Waals surface area (Å²) in [5.74, 6) is 0.132. The molecule has 0 bridgehead atoms. The highest BCUT2D eigenvalue weighted by Gasteiger charge is 2.49. The zero-order chi connectivity index (χ0) is 12.8. The van der Waals surface area contributed by atoms with E-state index in [1.165, 1.54) is 6.08 Å². The molecule has 4 nitrogen and oxygen atoms in total. The fraction of sp³-hybridized carbons (Fsp3) is 0.750. The summed E-state index contributed by atoms with van der Waals surface area (Å²) in [6.45, 7) is 1.40. The molecule has 0 saturated carbocycles. The third kappa shape index (κ3) is 2.58. The molecule has 0 N–H and O–H groups in total. The van der Waals surface area contributed by atoms with Crippen LogP contribution in [-0.2, 0) is 14.3 Å². The van der Waals surface area contributed by atoms with Crippen LogP contribution < -0.4 is 0 Å². The van der Waals surface area contributed by atoms with Crippen molar-refractivity contribution >= 4 is 19.5 Å². The Morgan fingerprint density at radius 3 is 2.59 bits per heavy atom. The number of fused-ring (bicyclic) bond motifs is 1. The van der Waals surface area contributed by atoms with E-state index in [9.17, 15) is 21.6 Å². The van der Waals surface area contributed by atoms with Crippen molar-refractivity contribution in [2.75, 3.05) is 13.1 Å². The molecule has 1 aliphatic carbocycles. The first-order valence-electron chi connectivity index (χ1n) is 4.90. The molecule has 0 aromatic heterocycles. The second kappa shape index (κ2) is 4.10. The molecule has 2 aliphatic rings. The van der Waals surface area contributed by atoms with Crippen LogP contribution in [0.4, 0.5) is 13.2 Å². The average molecular weight is 289 g/mol. The average Bonchev–Trinajstić information content (AvgIpc) is 2.57. The third-order valence-electron chi connectivity index (χ3n) is 2.88. The highest BCUT2D eigenvalue weighted by atomic mass is 32.2. The molecular weight excluding hydrogens is 278 g/mol. The van der Waals surface area contributed by atoms with Crippen molar-refractivity contribution in [3.63, 3.8) is 0 Å².